The largest absolute Gasteiger partial charge is 0.494 e. The highest BCUT2D eigenvalue weighted by Crippen LogP contribution is 2.47. The van der Waals surface area contributed by atoms with Crippen LogP contribution >= 0.6 is 11.8 Å². The third-order valence-electron chi connectivity index (χ3n) is 13.6. The van der Waals surface area contributed by atoms with Crippen molar-refractivity contribution in [1.29, 1.82) is 0 Å². The van der Waals surface area contributed by atoms with E-state index in [1.54, 1.807) is 24.3 Å². The van der Waals surface area contributed by atoms with Crippen molar-refractivity contribution >= 4 is 66.2 Å². The molecule has 8 aromatic carbocycles. The summed E-state index contributed by atoms with van der Waals surface area (Å²) in [5.74, 6) is 14.5. The normalized spacial score (nSPS) is 11.9. The zero-order chi connectivity index (χ0) is 49.1. The fraction of sp³-hybridized carbons (Fsp3) is 0.175. The third kappa shape index (κ3) is 8.78. The maximum atomic E-state index is 13.8. The van der Waals surface area contributed by atoms with E-state index < -0.39 is 22.2 Å². The fourth-order valence-corrected chi connectivity index (χ4v) is 11.0. The van der Waals surface area contributed by atoms with Crippen molar-refractivity contribution in [2.75, 3.05) is 18.1 Å². The lowest BCUT2D eigenvalue weighted by Crippen LogP contribution is -2.25. The van der Waals surface area contributed by atoms with Crippen molar-refractivity contribution in [2.45, 2.75) is 68.2 Å². The number of nitrogens with zero attached hydrogens (tertiary/aromatic N) is 3. The highest BCUT2D eigenvalue weighted by atomic mass is 32.2. The maximum absolute atomic E-state index is 13.8. The van der Waals surface area contributed by atoms with Crippen molar-refractivity contribution < 1.29 is 4.74 Å². The minimum absolute atomic E-state index is 0.119. The van der Waals surface area contributed by atoms with Gasteiger partial charge in [-0.2, -0.15) is 0 Å². The van der Waals surface area contributed by atoms with E-state index in [2.05, 4.69) is 108 Å². The summed E-state index contributed by atoms with van der Waals surface area (Å²) in [6.45, 7) is 3.91. The SMILES string of the molecule is CCCCCCCCn1c(=O)c2cc3c(=O)n(-c4ccc(C#Cc5c6ccccc6c(C#Cc6ccc(OCCCN7c8ccccc8Sc8ccccc87)cc6)c6ccccc56)cc4)c(=O)c3cc2c1=O. The van der Waals surface area contributed by atoms with Gasteiger partial charge < -0.3 is 9.64 Å². The molecule has 1 aliphatic heterocycles. The average molecular weight is 960 g/mol. The van der Waals surface area contributed by atoms with E-state index >= 15 is 0 Å². The molecule has 0 bridgehead atoms. The second-order valence-corrected chi connectivity index (χ2v) is 19.3. The van der Waals surface area contributed by atoms with Gasteiger partial charge in [-0.3, -0.25) is 23.7 Å². The van der Waals surface area contributed by atoms with Gasteiger partial charge in [0, 0.05) is 45.1 Å². The summed E-state index contributed by atoms with van der Waals surface area (Å²) < 4.78 is 8.56. The van der Waals surface area contributed by atoms with Crippen LogP contribution in [0.15, 0.2) is 187 Å². The van der Waals surface area contributed by atoms with E-state index in [0.29, 0.717) is 24.4 Å². The van der Waals surface area contributed by atoms with Gasteiger partial charge in [0.2, 0.25) is 0 Å². The van der Waals surface area contributed by atoms with Gasteiger partial charge in [-0.1, -0.05) is 147 Å². The van der Waals surface area contributed by atoms with Gasteiger partial charge >= 0.3 is 0 Å². The predicted molar refractivity (Wildman–Crippen MR) is 294 cm³/mol. The number of rotatable bonds is 13. The van der Waals surface area contributed by atoms with Crippen LogP contribution in [0.3, 0.4) is 0 Å². The van der Waals surface area contributed by atoms with Crippen LogP contribution in [-0.4, -0.2) is 22.3 Å². The van der Waals surface area contributed by atoms with E-state index in [9.17, 15) is 19.2 Å². The molecule has 1 aliphatic rings. The molecule has 0 unspecified atom stereocenters. The van der Waals surface area contributed by atoms with Crippen LogP contribution in [0.25, 0.3) is 48.8 Å². The van der Waals surface area contributed by atoms with Crippen LogP contribution in [0.5, 0.6) is 5.75 Å². The van der Waals surface area contributed by atoms with Crippen LogP contribution in [0, 0.1) is 23.7 Å². The minimum Gasteiger partial charge on any atom is -0.494 e. The molecule has 352 valence electrons. The molecule has 2 aromatic heterocycles. The Morgan fingerprint density at radius 1 is 0.444 bits per heavy atom. The topological polar surface area (TPSA) is 90.6 Å². The summed E-state index contributed by atoms with van der Waals surface area (Å²) in [5, 5.41) is 4.51. The molecular weight excluding hydrogens is 911 g/mol. The summed E-state index contributed by atoms with van der Waals surface area (Å²) in [6, 6.07) is 51.2. The molecular formula is C63H49N3O5S. The molecule has 3 heterocycles. The van der Waals surface area contributed by atoms with E-state index in [1.807, 2.05) is 60.3 Å². The first-order valence-electron chi connectivity index (χ1n) is 24.7. The highest BCUT2D eigenvalue weighted by Gasteiger charge is 2.23. The first kappa shape index (κ1) is 46.0. The quantitative estimate of drug-likeness (QED) is 0.0646. The van der Waals surface area contributed by atoms with Crippen LogP contribution in [0.1, 0.15) is 74.1 Å². The van der Waals surface area contributed by atoms with E-state index in [4.69, 9.17) is 4.74 Å². The van der Waals surface area contributed by atoms with Gasteiger partial charge in [0.25, 0.3) is 22.2 Å². The molecule has 11 rings (SSSR count). The molecule has 0 fully saturated rings. The number of unbranched alkanes of at least 4 members (excludes halogenated alkanes) is 5. The van der Waals surface area contributed by atoms with Gasteiger partial charge in [0.15, 0.2) is 0 Å². The van der Waals surface area contributed by atoms with Crippen LogP contribution in [0.4, 0.5) is 11.4 Å². The number of hydrogen-bond acceptors (Lipinski definition) is 7. The van der Waals surface area contributed by atoms with Gasteiger partial charge in [-0.15, -0.1) is 0 Å². The number of anilines is 2. The molecule has 0 aliphatic carbocycles. The first-order chi connectivity index (χ1) is 35.4. The number of aromatic nitrogens is 2. The Kier molecular flexibility index (Phi) is 12.9. The summed E-state index contributed by atoms with van der Waals surface area (Å²) in [4.78, 5) is 59.2. The Morgan fingerprint density at radius 2 is 0.903 bits per heavy atom. The summed E-state index contributed by atoms with van der Waals surface area (Å²) >= 11 is 1.82. The van der Waals surface area contributed by atoms with Crippen molar-refractivity contribution in [3.63, 3.8) is 0 Å². The first-order valence-corrected chi connectivity index (χ1v) is 25.5. The highest BCUT2D eigenvalue weighted by molar-refractivity contribution is 7.99. The van der Waals surface area contributed by atoms with Crippen molar-refractivity contribution in [3.05, 3.63) is 221 Å². The molecule has 8 nitrogen and oxygen atoms in total. The molecule has 0 spiro atoms. The summed E-state index contributed by atoms with van der Waals surface area (Å²) in [7, 11) is 0. The van der Waals surface area contributed by atoms with Crippen LogP contribution in [-0.2, 0) is 6.54 Å². The Morgan fingerprint density at radius 3 is 1.43 bits per heavy atom. The summed E-state index contributed by atoms with van der Waals surface area (Å²) in [5.41, 5.74) is 4.28. The summed E-state index contributed by atoms with van der Waals surface area (Å²) in [6.07, 6.45) is 7.00. The zero-order valence-corrected chi connectivity index (χ0v) is 40.7. The number of hydrogen-bond donors (Lipinski definition) is 0. The van der Waals surface area contributed by atoms with Gasteiger partial charge in [-0.25, -0.2) is 4.57 Å². The Hall–Kier alpha value is -8.37. The second kappa shape index (κ2) is 20.2. The molecule has 0 atom stereocenters. The minimum atomic E-state index is -0.536. The molecule has 0 saturated carbocycles. The van der Waals surface area contributed by atoms with Crippen molar-refractivity contribution in [1.82, 2.24) is 9.13 Å². The smallest absolute Gasteiger partial charge is 0.266 e. The Bertz CT molecular complexity index is 3880. The fourth-order valence-electron chi connectivity index (χ4n) is 9.94. The third-order valence-corrected chi connectivity index (χ3v) is 14.7. The molecule has 0 radical (unpaired) electrons. The predicted octanol–water partition coefficient (Wildman–Crippen LogP) is 12.4. The standard InChI is InChI=1S/C63H49N3O5S/c1-2-3-4-5-6-15-37-65-60(67)52-40-54-55(41-53(52)61(65)68)63(70)66(62(54)69)44-31-25-42(26-32-44)29-35-50-46-17-7-9-19-48(46)51(49-20-10-8-18-47(49)50)36-30-43-27-33-45(34-28-43)71-39-16-38-64-56-21-11-13-23-58(56)72-59-24-14-12-22-57(59)64/h7-14,17-28,31-34,40-41H,2-6,15-16,37-39H2,1H3. The number of benzene rings is 8. The molecule has 9 heteroatoms. The maximum Gasteiger partial charge on any atom is 0.266 e. The van der Waals surface area contributed by atoms with E-state index in [1.165, 1.54) is 44.3 Å². The molecule has 0 saturated heterocycles. The van der Waals surface area contributed by atoms with E-state index in [0.717, 1.165) is 93.6 Å². The zero-order valence-electron chi connectivity index (χ0n) is 39.9. The lowest BCUT2D eigenvalue weighted by Gasteiger charge is -2.32. The monoisotopic (exact) mass is 959 g/mol. The lowest BCUT2D eigenvalue weighted by atomic mass is 9.92. The van der Waals surface area contributed by atoms with Crippen molar-refractivity contribution in [3.8, 4) is 35.1 Å². The van der Waals surface area contributed by atoms with Gasteiger partial charge in [0.05, 0.1) is 45.2 Å². The van der Waals surface area contributed by atoms with Gasteiger partial charge in [-0.05, 0) is 119 Å². The second-order valence-electron chi connectivity index (χ2n) is 18.2. The van der Waals surface area contributed by atoms with Crippen LogP contribution < -0.4 is 31.9 Å². The number of ether oxygens (including phenoxy) is 1. The Labute approximate surface area is 420 Å². The van der Waals surface area contributed by atoms with Crippen molar-refractivity contribution in [2.24, 2.45) is 0 Å². The van der Waals surface area contributed by atoms with E-state index in [-0.39, 0.29) is 21.5 Å². The average Bonchev–Trinajstić information content (AvgIpc) is 3.80. The molecule has 0 amide bonds. The molecule has 0 N–H and O–H groups in total. The number of fused-ring (bicyclic) bond motifs is 6. The Balaban J connectivity index is 0.805. The lowest BCUT2D eigenvalue weighted by molar-refractivity contribution is 0.313. The number of para-hydroxylation sites is 2. The molecule has 10 aromatic rings. The molecule has 72 heavy (non-hydrogen) atoms. The van der Waals surface area contributed by atoms with Crippen LogP contribution in [0.2, 0.25) is 0 Å². The van der Waals surface area contributed by atoms with Gasteiger partial charge in [0.1, 0.15) is 5.75 Å².